The molecule has 3 heterocycles. The molecular weight excluding hydrogens is 446 g/mol. The molecule has 3 aromatic rings. The molecule has 1 aliphatic heterocycles. The fourth-order valence-electron chi connectivity index (χ4n) is 5.10. The minimum atomic E-state index is -0.373. The highest BCUT2D eigenvalue weighted by molar-refractivity contribution is 7.19. The fraction of sp³-hybridized carbons (Fsp3) is 0.538. The molecule has 7 nitrogen and oxygen atoms in total. The lowest BCUT2D eigenvalue weighted by Crippen LogP contribution is -2.62. The minimum absolute atomic E-state index is 0.261. The van der Waals surface area contributed by atoms with Crippen molar-refractivity contribution in [3.63, 3.8) is 0 Å². The van der Waals surface area contributed by atoms with Gasteiger partial charge in [0.15, 0.2) is 0 Å². The number of aryl methyl sites for hydroxylation is 3. The molecular formula is C26H35N5O2S. The summed E-state index contributed by atoms with van der Waals surface area (Å²) in [6, 6.07) is 4.77. The predicted octanol–water partition coefficient (Wildman–Crippen LogP) is 4.12. The first-order valence-corrected chi connectivity index (χ1v) is 13.0. The van der Waals surface area contributed by atoms with E-state index in [9.17, 15) is 5.11 Å². The maximum absolute atomic E-state index is 11.0. The maximum Gasteiger partial charge on any atom is 0.143 e. The van der Waals surface area contributed by atoms with E-state index in [0.29, 0.717) is 12.6 Å². The molecule has 1 saturated heterocycles. The molecule has 2 N–H and O–H groups in total. The van der Waals surface area contributed by atoms with Crippen molar-refractivity contribution in [1.82, 2.24) is 19.8 Å². The summed E-state index contributed by atoms with van der Waals surface area (Å²) in [5.41, 5.74) is 4.69. The van der Waals surface area contributed by atoms with Gasteiger partial charge in [-0.15, -0.1) is 11.3 Å². The van der Waals surface area contributed by atoms with Crippen LogP contribution in [0.2, 0.25) is 0 Å². The Kier molecular flexibility index (Phi) is 6.50. The number of rotatable bonds is 7. The highest BCUT2D eigenvalue weighted by Crippen LogP contribution is 2.42. The van der Waals surface area contributed by atoms with Crippen LogP contribution in [0, 0.1) is 19.8 Å². The number of ether oxygens (including phenoxy) is 1. The molecule has 0 amide bonds. The molecule has 2 aliphatic rings. The van der Waals surface area contributed by atoms with Gasteiger partial charge < -0.3 is 20.1 Å². The van der Waals surface area contributed by atoms with Gasteiger partial charge in [0, 0.05) is 29.9 Å². The number of aliphatic hydroxyl groups excluding tert-OH is 1. The van der Waals surface area contributed by atoms with E-state index in [0.717, 1.165) is 59.8 Å². The van der Waals surface area contributed by atoms with Crippen LogP contribution in [0.15, 0.2) is 18.5 Å². The summed E-state index contributed by atoms with van der Waals surface area (Å²) in [6.45, 7) is 8.72. The smallest absolute Gasteiger partial charge is 0.143 e. The van der Waals surface area contributed by atoms with Crippen LogP contribution in [0.1, 0.15) is 34.9 Å². The predicted molar refractivity (Wildman–Crippen MR) is 138 cm³/mol. The first-order valence-electron chi connectivity index (χ1n) is 12.2. The number of aliphatic hydroxyl groups is 1. The second kappa shape index (κ2) is 9.41. The zero-order chi connectivity index (χ0) is 24.0. The van der Waals surface area contributed by atoms with E-state index in [1.807, 2.05) is 6.92 Å². The van der Waals surface area contributed by atoms with Crippen LogP contribution in [-0.2, 0) is 12.8 Å². The number of hydrogen-bond donors (Lipinski definition) is 2. The average molecular weight is 482 g/mol. The van der Waals surface area contributed by atoms with Crippen molar-refractivity contribution >= 4 is 33.1 Å². The van der Waals surface area contributed by atoms with Gasteiger partial charge in [-0.1, -0.05) is 0 Å². The number of likely N-dealkylation sites (tertiary alicyclic amines) is 1. The molecule has 1 aliphatic carbocycles. The van der Waals surface area contributed by atoms with Crippen LogP contribution in [0.25, 0.3) is 10.2 Å². The van der Waals surface area contributed by atoms with Gasteiger partial charge in [0.2, 0.25) is 0 Å². The Labute approximate surface area is 205 Å². The highest BCUT2D eigenvalue weighted by atomic mass is 32.1. The number of nitrogens with one attached hydrogen (secondary N) is 1. The monoisotopic (exact) mass is 481 g/mol. The summed E-state index contributed by atoms with van der Waals surface area (Å²) in [5, 5.41) is 15.7. The van der Waals surface area contributed by atoms with Crippen LogP contribution in [0.4, 0.5) is 11.5 Å². The third kappa shape index (κ3) is 4.28. The number of benzene rings is 1. The van der Waals surface area contributed by atoms with Gasteiger partial charge in [0.25, 0.3) is 0 Å². The number of aromatic nitrogens is 2. The van der Waals surface area contributed by atoms with Gasteiger partial charge in [0.1, 0.15) is 29.0 Å². The summed E-state index contributed by atoms with van der Waals surface area (Å²) in [7, 11) is 4.22. The fourth-order valence-corrected chi connectivity index (χ4v) is 6.38. The van der Waals surface area contributed by atoms with E-state index in [4.69, 9.17) is 4.74 Å². The lowest BCUT2D eigenvalue weighted by molar-refractivity contribution is -0.103. The zero-order valence-electron chi connectivity index (χ0n) is 20.8. The van der Waals surface area contributed by atoms with Crippen molar-refractivity contribution in [1.29, 1.82) is 0 Å². The van der Waals surface area contributed by atoms with E-state index in [1.54, 1.807) is 17.7 Å². The Balaban J connectivity index is 1.40. The molecule has 8 heteroatoms. The molecule has 1 fully saturated rings. The molecule has 1 aromatic carbocycles. The molecule has 34 heavy (non-hydrogen) atoms. The van der Waals surface area contributed by atoms with Crippen molar-refractivity contribution in [3.05, 3.63) is 40.0 Å². The number of hydrogen-bond acceptors (Lipinski definition) is 8. The van der Waals surface area contributed by atoms with Crippen LogP contribution >= 0.6 is 11.3 Å². The highest BCUT2D eigenvalue weighted by Gasteiger charge is 2.38. The molecule has 5 rings (SSSR count). The van der Waals surface area contributed by atoms with Crippen LogP contribution < -0.4 is 10.1 Å². The molecule has 182 valence electrons. The molecule has 0 bridgehead atoms. The van der Waals surface area contributed by atoms with Gasteiger partial charge in [-0.05, 0) is 83.0 Å². The second-order valence-corrected chi connectivity index (χ2v) is 11.0. The molecule has 0 saturated carbocycles. The quantitative estimate of drug-likeness (QED) is 0.526. The lowest BCUT2D eigenvalue weighted by atomic mass is 9.85. The second-order valence-electron chi connectivity index (χ2n) is 9.88. The number of anilines is 2. The normalized spacial score (nSPS) is 19.8. The number of nitrogens with zero attached hydrogens (tertiary/aromatic N) is 4. The van der Waals surface area contributed by atoms with Crippen LogP contribution in [0.5, 0.6) is 5.75 Å². The molecule has 0 radical (unpaired) electrons. The maximum atomic E-state index is 11.0. The topological polar surface area (TPSA) is 73.7 Å². The first-order chi connectivity index (χ1) is 16.4. The summed E-state index contributed by atoms with van der Waals surface area (Å²) >= 11 is 1.75. The third-order valence-corrected chi connectivity index (χ3v) is 8.61. The Bertz CT molecular complexity index is 1190. The van der Waals surface area contributed by atoms with Gasteiger partial charge in [-0.3, -0.25) is 4.90 Å². The molecule has 2 aromatic heterocycles. The number of thiophene rings is 1. The van der Waals surface area contributed by atoms with E-state index in [-0.39, 0.29) is 12.1 Å². The van der Waals surface area contributed by atoms with Crippen molar-refractivity contribution in [3.8, 4) is 5.75 Å². The van der Waals surface area contributed by atoms with Crippen LogP contribution in [-0.4, -0.2) is 70.9 Å². The van der Waals surface area contributed by atoms with Gasteiger partial charge in [-0.25, -0.2) is 9.97 Å². The average Bonchev–Trinajstić information content (AvgIpc) is 3.14. The largest absolute Gasteiger partial charge is 0.492 e. The van der Waals surface area contributed by atoms with Gasteiger partial charge in [0.05, 0.1) is 17.7 Å². The Morgan fingerprint density at radius 1 is 1.24 bits per heavy atom. The zero-order valence-corrected chi connectivity index (χ0v) is 21.6. The van der Waals surface area contributed by atoms with E-state index >= 15 is 0 Å². The summed E-state index contributed by atoms with van der Waals surface area (Å²) in [4.78, 5) is 16.0. The van der Waals surface area contributed by atoms with E-state index in [1.165, 1.54) is 21.6 Å². The van der Waals surface area contributed by atoms with E-state index in [2.05, 4.69) is 65.2 Å². The Hall–Kier alpha value is -2.26. The SMILES string of the molecule is CCOc1cc(C)c(C)cc1Nc1ncnc2sc3c(c12)CCC(C(O)N1CC(N(C)C)C1)C3. The molecule has 0 spiro atoms. The molecule has 2 atom stereocenters. The lowest BCUT2D eigenvalue weighted by Gasteiger charge is -2.47. The standard InChI is InChI=1S/C26H35N5O2S/c1-6-33-21-10-16(3)15(2)9-20(21)29-24-23-19-8-7-17(11-22(19)34-25(23)28-14-27-24)26(32)31-12-18(13-31)30(4)5/h9-10,14,17-18,26,32H,6-8,11-13H2,1-5H3,(H,27,28,29). The summed E-state index contributed by atoms with van der Waals surface area (Å²) in [6.07, 6.45) is 4.08. The summed E-state index contributed by atoms with van der Waals surface area (Å²) < 4.78 is 5.91. The van der Waals surface area contributed by atoms with E-state index < -0.39 is 0 Å². The van der Waals surface area contributed by atoms with Crippen molar-refractivity contribution in [2.75, 3.05) is 39.1 Å². The molecule has 2 unspecified atom stereocenters. The van der Waals surface area contributed by atoms with Crippen LogP contribution in [0.3, 0.4) is 0 Å². The summed E-state index contributed by atoms with van der Waals surface area (Å²) in [5.74, 6) is 1.94. The van der Waals surface area contributed by atoms with Crippen molar-refractivity contribution in [2.24, 2.45) is 5.92 Å². The first kappa shape index (κ1) is 23.5. The van der Waals surface area contributed by atoms with Gasteiger partial charge >= 0.3 is 0 Å². The Morgan fingerprint density at radius 2 is 2.00 bits per heavy atom. The minimum Gasteiger partial charge on any atom is -0.492 e. The Morgan fingerprint density at radius 3 is 2.74 bits per heavy atom. The van der Waals surface area contributed by atoms with Crippen molar-refractivity contribution in [2.45, 2.75) is 52.3 Å². The third-order valence-electron chi connectivity index (χ3n) is 7.45. The number of likely N-dealkylation sites (N-methyl/N-ethyl adjacent to an activating group) is 1. The van der Waals surface area contributed by atoms with Crippen molar-refractivity contribution < 1.29 is 9.84 Å². The van der Waals surface area contributed by atoms with Gasteiger partial charge in [-0.2, -0.15) is 0 Å². The number of fused-ring (bicyclic) bond motifs is 3.